The summed E-state index contributed by atoms with van der Waals surface area (Å²) in [7, 11) is 0. The number of nitrogens with zero attached hydrogens (tertiary/aromatic N) is 1. The second-order valence-corrected chi connectivity index (χ2v) is 12.3. The summed E-state index contributed by atoms with van der Waals surface area (Å²) in [6.07, 6.45) is -0.713. The Labute approximate surface area is 255 Å². The molecule has 0 amide bonds. The predicted octanol–water partition coefficient (Wildman–Crippen LogP) is 10.5. The molecule has 9 rings (SSSR count). The van der Waals surface area contributed by atoms with Crippen LogP contribution in [0.1, 0.15) is 42.2 Å². The molecule has 212 valence electrons. The van der Waals surface area contributed by atoms with Gasteiger partial charge in [0.05, 0.1) is 11.4 Å². The van der Waals surface area contributed by atoms with Gasteiger partial charge in [-0.1, -0.05) is 92.7 Å². The molecule has 1 unspecified atom stereocenters. The van der Waals surface area contributed by atoms with Crippen molar-refractivity contribution in [3.8, 4) is 22.6 Å². The Morgan fingerprint density at radius 3 is 2.30 bits per heavy atom. The predicted molar refractivity (Wildman–Crippen MR) is 177 cm³/mol. The molecule has 0 saturated carbocycles. The van der Waals surface area contributed by atoms with Crippen LogP contribution in [0.2, 0.25) is 0 Å². The number of aliphatic hydroxyl groups is 1. The second kappa shape index (κ2) is 9.09. The van der Waals surface area contributed by atoms with Gasteiger partial charge in [-0.15, -0.1) is 0 Å². The molecule has 7 aromatic rings. The van der Waals surface area contributed by atoms with Crippen molar-refractivity contribution in [1.82, 2.24) is 0 Å². The topological polar surface area (TPSA) is 45.8 Å². The van der Waals surface area contributed by atoms with E-state index in [1.54, 1.807) is 0 Å². The number of anilines is 3. The average molecular weight is 572 g/mol. The number of fused-ring (bicyclic) bond motifs is 7. The van der Waals surface area contributed by atoms with E-state index in [2.05, 4.69) is 97.6 Å². The Bertz CT molecular complexity index is 2280. The van der Waals surface area contributed by atoms with E-state index in [9.17, 15) is 5.11 Å². The summed E-state index contributed by atoms with van der Waals surface area (Å²) in [5.41, 5.74) is 11.1. The number of hydrogen-bond donors (Lipinski definition) is 1. The number of rotatable bonds is 2. The SMILES string of the molecule is CC1(C)c2ccccc2N(c2cccc(-c3ccc4c(c3)Oc3ccccc3C4O)c2)c2cc3oc4ccccc4c3cc21. The molecule has 0 bridgehead atoms. The molecular weight excluding hydrogens is 542 g/mol. The van der Waals surface area contributed by atoms with Crippen LogP contribution < -0.4 is 9.64 Å². The molecule has 1 aromatic heterocycles. The second-order valence-electron chi connectivity index (χ2n) is 12.3. The van der Waals surface area contributed by atoms with Crippen molar-refractivity contribution >= 4 is 39.0 Å². The highest BCUT2D eigenvalue weighted by atomic mass is 16.5. The molecule has 1 atom stereocenters. The van der Waals surface area contributed by atoms with Crippen LogP contribution in [-0.2, 0) is 5.41 Å². The van der Waals surface area contributed by atoms with E-state index in [1.165, 1.54) is 11.1 Å². The van der Waals surface area contributed by atoms with E-state index >= 15 is 0 Å². The summed E-state index contributed by atoms with van der Waals surface area (Å²) in [4.78, 5) is 2.36. The van der Waals surface area contributed by atoms with Gasteiger partial charge in [-0.3, -0.25) is 0 Å². The molecule has 4 heteroatoms. The largest absolute Gasteiger partial charge is 0.457 e. The molecule has 2 aliphatic rings. The van der Waals surface area contributed by atoms with Crippen molar-refractivity contribution in [3.05, 3.63) is 150 Å². The highest BCUT2D eigenvalue weighted by Crippen LogP contribution is 2.54. The fourth-order valence-corrected chi connectivity index (χ4v) is 7.13. The molecule has 1 N–H and O–H groups in total. The summed E-state index contributed by atoms with van der Waals surface area (Å²) in [6, 6.07) is 43.9. The first-order valence-electron chi connectivity index (χ1n) is 15.0. The van der Waals surface area contributed by atoms with Gasteiger partial charge < -0.3 is 19.2 Å². The van der Waals surface area contributed by atoms with Crippen LogP contribution in [0.15, 0.2) is 132 Å². The van der Waals surface area contributed by atoms with Gasteiger partial charge in [0.2, 0.25) is 0 Å². The van der Waals surface area contributed by atoms with Crippen molar-refractivity contribution < 1.29 is 14.3 Å². The Balaban J connectivity index is 1.21. The highest BCUT2D eigenvalue weighted by molar-refractivity contribution is 6.07. The number of aliphatic hydroxyl groups excluding tert-OH is 1. The molecule has 0 radical (unpaired) electrons. The van der Waals surface area contributed by atoms with Crippen LogP contribution in [0.3, 0.4) is 0 Å². The van der Waals surface area contributed by atoms with E-state index in [0.717, 1.165) is 61.3 Å². The van der Waals surface area contributed by atoms with E-state index in [1.807, 2.05) is 48.5 Å². The highest BCUT2D eigenvalue weighted by Gasteiger charge is 2.37. The minimum Gasteiger partial charge on any atom is -0.457 e. The van der Waals surface area contributed by atoms with Crippen LogP contribution in [0.25, 0.3) is 33.1 Å². The van der Waals surface area contributed by atoms with Gasteiger partial charge in [0.25, 0.3) is 0 Å². The summed E-state index contributed by atoms with van der Waals surface area (Å²) in [5, 5.41) is 13.3. The van der Waals surface area contributed by atoms with Crippen molar-refractivity contribution in [2.45, 2.75) is 25.4 Å². The first-order chi connectivity index (χ1) is 21.5. The fourth-order valence-electron chi connectivity index (χ4n) is 7.13. The van der Waals surface area contributed by atoms with Gasteiger partial charge in [-0.2, -0.15) is 0 Å². The number of benzene rings is 6. The maximum absolute atomic E-state index is 11.0. The molecule has 44 heavy (non-hydrogen) atoms. The summed E-state index contributed by atoms with van der Waals surface area (Å²) >= 11 is 0. The van der Waals surface area contributed by atoms with E-state index in [0.29, 0.717) is 11.5 Å². The van der Waals surface area contributed by atoms with Crippen LogP contribution >= 0.6 is 0 Å². The lowest BCUT2D eigenvalue weighted by Crippen LogP contribution is -2.30. The number of hydrogen-bond acceptors (Lipinski definition) is 4. The van der Waals surface area contributed by atoms with Gasteiger partial charge in [0, 0.05) is 39.1 Å². The third-order valence-electron chi connectivity index (χ3n) is 9.41. The first-order valence-corrected chi connectivity index (χ1v) is 15.0. The Morgan fingerprint density at radius 2 is 1.36 bits per heavy atom. The van der Waals surface area contributed by atoms with Crippen molar-refractivity contribution in [1.29, 1.82) is 0 Å². The van der Waals surface area contributed by atoms with Crippen LogP contribution in [0.5, 0.6) is 11.5 Å². The standard InChI is InChI=1S/C40H29NO3/c1-40(2)31-14-5-6-15-33(31)41(34-23-38-30(22-32(34)40)27-12-3-7-16-35(27)43-38)26-11-9-10-24(20-26)25-18-19-29-37(21-25)44-36-17-8-4-13-28(36)39(29)42/h3-23,39,42H,1-2H3. The van der Waals surface area contributed by atoms with E-state index in [-0.39, 0.29) is 5.41 Å². The molecule has 0 saturated heterocycles. The van der Waals surface area contributed by atoms with Crippen LogP contribution in [0.4, 0.5) is 17.1 Å². The summed E-state index contributed by atoms with van der Waals surface area (Å²) < 4.78 is 12.6. The summed E-state index contributed by atoms with van der Waals surface area (Å²) in [5.74, 6) is 1.38. The van der Waals surface area contributed by atoms with Gasteiger partial charge >= 0.3 is 0 Å². The summed E-state index contributed by atoms with van der Waals surface area (Å²) in [6.45, 7) is 4.62. The van der Waals surface area contributed by atoms with E-state index < -0.39 is 6.10 Å². The first kappa shape index (κ1) is 25.2. The monoisotopic (exact) mass is 571 g/mol. The normalized spacial score (nSPS) is 16.2. The van der Waals surface area contributed by atoms with Crippen molar-refractivity contribution in [3.63, 3.8) is 0 Å². The van der Waals surface area contributed by atoms with Gasteiger partial charge in [0.1, 0.15) is 28.8 Å². The Hall–Kier alpha value is -5.32. The third-order valence-corrected chi connectivity index (χ3v) is 9.41. The third kappa shape index (κ3) is 3.55. The molecule has 0 aliphatic carbocycles. The van der Waals surface area contributed by atoms with Gasteiger partial charge in [-0.25, -0.2) is 0 Å². The molecular formula is C40H29NO3. The molecule has 0 spiro atoms. The van der Waals surface area contributed by atoms with Crippen LogP contribution in [0, 0.1) is 0 Å². The number of ether oxygens (including phenoxy) is 1. The molecule has 2 aliphatic heterocycles. The van der Waals surface area contributed by atoms with Gasteiger partial charge in [0.15, 0.2) is 0 Å². The number of furan rings is 1. The fraction of sp³-hybridized carbons (Fsp3) is 0.100. The van der Waals surface area contributed by atoms with Crippen molar-refractivity contribution in [2.24, 2.45) is 0 Å². The van der Waals surface area contributed by atoms with Crippen molar-refractivity contribution in [2.75, 3.05) is 4.90 Å². The quantitative estimate of drug-likeness (QED) is 0.224. The molecule has 4 nitrogen and oxygen atoms in total. The molecule has 3 heterocycles. The van der Waals surface area contributed by atoms with E-state index in [4.69, 9.17) is 9.15 Å². The lowest BCUT2D eigenvalue weighted by atomic mass is 9.73. The van der Waals surface area contributed by atoms with Crippen LogP contribution in [-0.4, -0.2) is 5.11 Å². The lowest BCUT2D eigenvalue weighted by molar-refractivity contribution is 0.203. The molecule has 0 fully saturated rings. The molecule has 6 aromatic carbocycles. The van der Waals surface area contributed by atoms with Gasteiger partial charge in [-0.05, 0) is 64.7 Å². The average Bonchev–Trinajstić information content (AvgIpc) is 3.42. The lowest BCUT2D eigenvalue weighted by Gasteiger charge is -2.42. The number of para-hydroxylation sites is 3. The smallest absolute Gasteiger partial charge is 0.137 e. The zero-order valence-electron chi connectivity index (χ0n) is 24.4. The maximum atomic E-state index is 11.0. The zero-order valence-corrected chi connectivity index (χ0v) is 24.4. The minimum atomic E-state index is -0.713. The minimum absolute atomic E-state index is 0.209. The Morgan fingerprint density at radius 1 is 0.591 bits per heavy atom. The zero-order chi connectivity index (χ0) is 29.6. The maximum Gasteiger partial charge on any atom is 0.137 e. The Kier molecular flexibility index (Phi) is 5.21.